The van der Waals surface area contributed by atoms with Crippen LogP contribution in [0.5, 0.6) is 0 Å². The molecule has 1 aromatic rings. The largest absolute Gasteiger partial charge is 0.315 e. The van der Waals surface area contributed by atoms with Gasteiger partial charge in [0.25, 0.3) is 0 Å². The van der Waals surface area contributed by atoms with E-state index in [0.717, 1.165) is 18.7 Å². The van der Waals surface area contributed by atoms with E-state index in [2.05, 4.69) is 17.1 Å². The summed E-state index contributed by atoms with van der Waals surface area (Å²) in [5.41, 5.74) is 0. The molecule has 0 bridgehead atoms. The normalized spacial score (nSPS) is 10.2. The summed E-state index contributed by atoms with van der Waals surface area (Å²) in [4.78, 5) is 0. The molecule has 0 fully saturated rings. The maximum atomic E-state index is 5.07. The summed E-state index contributed by atoms with van der Waals surface area (Å²) < 4.78 is 2.56. The Hall–Kier alpha value is -0.840. The Morgan fingerprint density at radius 2 is 2.25 bits per heavy atom. The fraction of sp³-hybridized carbons (Fsp3) is 0.714. The highest BCUT2D eigenvalue weighted by molar-refractivity contribution is 7.71. The molecule has 1 aromatic heterocycles. The van der Waals surface area contributed by atoms with Crippen LogP contribution in [0.3, 0.4) is 0 Å². The highest BCUT2D eigenvalue weighted by Gasteiger charge is 2.05. The third-order valence-electron chi connectivity index (χ3n) is 1.59. The molecule has 1 N–H and O–H groups in total. The average Bonchev–Trinajstić information content (AvgIpc) is 2.32. The molecule has 1 heterocycles. The molecular formula is C7H14N4S. The molecule has 0 saturated heterocycles. The Bertz CT molecular complexity index is 299. The van der Waals surface area contributed by atoms with E-state index in [1.54, 1.807) is 0 Å². The van der Waals surface area contributed by atoms with Crippen LogP contribution in [0.2, 0.25) is 0 Å². The second kappa shape index (κ2) is 3.71. The van der Waals surface area contributed by atoms with Crippen molar-refractivity contribution < 1.29 is 0 Å². The van der Waals surface area contributed by atoms with Crippen molar-refractivity contribution in [2.75, 3.05) is 19.1 Å². The van der Waals surface area contributed by atoms with Gasteiger partial charge in [-0.1, -0.05) is 6.92 Å². The molecule has 0 aliphatic rings. The molecule has 68 valence electrons. The zero-order valence-corrected chi connectivity index (χ0v) is 8.48. The minimum Gasteiger partial charge on any atom is -0.315 e. The number of aryl methyl sites for hydroxylation is 1. The van der Waals surface area contributed by atoms with Gasteiger partial charge in [-0.3, -0.25) is 5.10 Å². The van der Waals surface area contributed by atoms with Crippen LogP contribution >= 0.6 is 12.2 Å². The molecule has 5 heteroatoms. The quantitative estimate of drug-likeness (QED) is 0.718. The van der Waals surface area contributed by atoms with Crippen LogP contribution in [0.15, 0.2) is 0 Å². The van der Waals surface area contributed by atoms with Gasteiger partial charge in [-0.15, -0.1) is 0 Å². The molecule has 0 aliphatic carbocycles. The number of hydrogen-bond donors (Lipinski definition) is 1. The van der Waals surface area contributed by atoms with E-state index in [4.69, 9.17) is 12.2 Å². The first-order valence-corrected chi connectivity index (χ1v) is 4.41. The second-order valence-corrected chi connectivity index (χ2v) is 3.24. The lowest BCUT2D eigenvalue weighted by Crippen LogP contribution is -2.27. The van der Waals surface area contributed by atoms with Crippen LogP contribution in [0, 0.1) is 4.77 Å². The summed E-state index contributed by atoms with van der Waals surface area (Å²) >= 11 is 5.07. The Labute approximate surface area is 77.2 Å². The predicted octanol–water partition coefficient (Wildman–Crippen LogP) is 1.09. The number of rotatable bonds is 3. The lowest BCUT2D eigenvalue weighted by Gasteiger charge is -2.15. The zero-order valence-electron chi connectivity index (χ0n) is 7.66. The molecule has 0 aliphatic heterocycles. The first kappa shape index (κ1) is 9.25. The van der Waals surface area contributed by atoms with Crippen molar-refractivity contribution in [3.05, 3.63) is 10.6 Å². The molecule has 0 aromatic carbocycles. The van der Waals surface area contributed by atoms with Crippen molar-refractivity contribution in [1.82, 2.24) is 14.9 Å². The minimum atomic E-state index is 0.656. The fourth-order valence-electron chi connectivity index (χ4n) is 1.12. The van der Waals surface area contributed by atoms with Crippen LogP contribution in [-0.4, -0.2) is 29.0 Å². The second-order valence-electron chi connectivity index (χ2n) is 2.85. The van der Waals surface area contributed by atoms with E-state index in [1.807, 2.05) is 23.8 Å². The van der Waals surface area contributed by atoms with Gasteiger partial charge in [0.2, 0.25) is 4.77 Å². The highest BCUT2D eigenvalue weighted by Crippen LogP contribution is 2.00. The minimum absolute atomic E-state index is 0.656. The van der Waals surface area contributed by atoms with Crippen LogP contribution in [0.4, 0.5) is 0 Å². The smallest absolute Gasteiger partial charge is 0.214 e. The van der Waals surface area contributed by atoms with Crippen LogP contribution in [0.1, 0.15) is 19.2 Å². The van der Waals surface area contributed by atoms with Gasteiger partial charge in [0.15, 0.2) is 5.82 Å². The van der Waals surface area contributed by atoms with Crippen molar-refractivity contribution >= 4 is 12.2 Å². The van der Waals surface area contributed by atoms with Gasteiger partial charge in [0, 0.05) is 20.5 Å². The molecule has 0 amide bonds. The summed E-state index contributed by atoms with van der Waals surface area (Å²) in [6.45, 7) is 2.12. The molecule has 0 saturated carbocycles. The van der Waals surface area contributed by atoms with Gasteiger partial charge in [0.1, 0.15) is 0 Å². The highest BCUT2D eigenvalue weighted by atomic mass is 32.1. The fourth-order valence-corrected chi connectivity index (χ4v) is 1.44. The molecule has 0 atom stereocenters. The Morgan fingerprint density at radius 1 is 1.58 bits per heavy atom. The van der Waals surface area contributed by atoms with E-state index in [1.165, 1.54) is 0 Å². The number of nitrogens with zero attached hydrogens (tertiary/aromatic N) is 3. The number of H-pyrrole nitrogens is 1. The van der Waals surface area contributed by atoms with Crippen LogP contribution < -0.4 is 5.01 Å². The van der Waals surface area contributed by atoms with Crippen molar-refractivity contribution in [1.29, 1.82) is 0 Å². The Kier molecular flexibility index (Phi) is 2.86. The van der Waals surface area contributed by atoms with Crippen molar-refractivity contribution in [2.24, 2.45) is 0 Å². The summed E-state index contributed by atoms with van der Waals surface area (Å²) in [6.07, 6.45) is 2.03. The summed E-state index contributed by atoms with van der Waals surface area (Å²) in [6, 6.07) is 0. The van der Waals surface area contributed by atoms with E-state index in [9.17, 15) is 0 Å². The topological polar surface area (TPSA) is 36.9 Å². The summed E-state index contributed by atoms with van der Waals surface area (Å²) in [5.74, 6) is 0.993. The van der Waals surface area contributed by atoms with Gasteiger partial charge < -0.3 is 5.01 Å². The molecule has 4 nitrogen and oxygen atoms in total. The molecule has 12 heavy (non-hydrogen) atoms. The van der Waals surface area contributed by atoms with Crippen molar-refractivity contribution in [2.45, 2.75) is 19.8 Å². The average molecular weight is 186 g/mol. The maximum Gasteiger partial charge on any atom is 0.214 e. The van der Waals surface area contributed by atoms with Gasteiger partial charge in [-0.2, -0.15) is 5.10 Å². The first-order valence-electron chi connectivity index (χ1n) is 4.00. The first-order chi connectivity index (χ1) is 5.66. The van der Waals surface area contributed by atoms with E-state index >= 15 is 0 Å². The maximum absolute atomic E-state index is 5.07. The van der Waals surface area contributed by atoms with Gasteiger partial charge in [-0.25, -0.2) is 4.68 Å². The van der Waals surface area contributed by atoms with Crippen molar-refractivity contribution in [3.8, 4) is 0 Å². The van der Waals surface area contributed by atoms with E-state index in [-0.39, 0.29) is 0 Å². The third-order valence-corrected chi connectivity index (χ3v) is 1.86. The molecule has 0 unspecified atom stereocenters. The van der Waals surface area contributed by atoms with Gasteiger partial charge in [-0.05, 0) is 18.6 Å². The van der Waals surface area contributed by atoms with Gasteiger partial charge >= 0.3 is 0 Å². The predicted molar refractivity (Wildman–Crippen MR) is 51.5 cm³/mol. The monoisotopic (exact) mass is 186 g/mol. The Morgan fingerprint density at radius 3 is 2.75 bits per heavy atom. The number of aromatic amines is 1. The van der Waals surface area contributed by atoms with E-state index < -0.39 is 0 Å². The van der Waals surface area contributed by atoms with Gasteiger partial charge in [0.05, 0.1) is 0 Å². The van der Waals surface area contributed by atoms with Crippen molar-refractivity contribution in [3.63, 3.8) is 0 Å². The molecule has 1 rings (SSSR count). The molecule has 0 spiro atoms. The Balaban J connectivity index is 3.04. The van der Waals surface area contributed by atoms with Crippen LogP contribution in [0.25, 0.3) is 0 Å². The standard InChI is InChI=1S/C7H14N4S/c1-4-5-6-8-9-7(12)11(6)10(2)3/h4-5H2,1-3H3,(H,9,12). The molecule has 0 radical (unpaired) electrons. The number of hydrogen-bond acceptors (Lipinski definition) is 3. The third kappa shape index (κ3) is 1.66. The summed E-state index contributed by atoms with van der Waals surface area (Å²) in [7, 11) is 3.90. The molecular weight excluding hydrogens is 172 g/mol. The summed E-state index contributed by atoms with van der Waals surface area (Å²) in [5, 5.41) is 8.84. The lowest BCUT2D eigenvalue weighted by atomic mass is 10.3. The lowest BCUT2D eigenvalue weighted by molar-refractivity contribution is 0.659. The zero-order chi connectivity index (χ0) is 9.14. The van der Waals surface area contributed by atoms with Crippen LogP contribution in [-0.2, 0) is 6.42 Å². The SMILES string of the molecule is CCCc1n[nH]c(=S)n1N(C)C. The number of nitrogens with one attached hydrogen (secondary N) is 1. The van der Waals surface area contributed by atoms with E-state index in [0.29, 0.717) is 4.77 Å². The number of aromatic nitrogens is 3.